The van der Waals surface area contributed by atoms with Crippen LogP contribution in [0.1, 0.15) is 5.56 Å². The molecule has 0 aliphatic carbocycles. The molecule has 0 bridgehead atoms. The third kappa shape index (κ3) is 5.46. The molecular weight excluding hydrogens is 490 g/mol. The average Bonchev–Trinajstić information content (AvgIpc) is 2.82. The van der Waals surface area contributed by atoms with Crippen molar-refractivity contribution in [2.75, 3.05) is 10.5 Å². The van der Waals surface area contributed by atoms with Crippen molar-refractivity contribution in [2.45, 2.75) is 5.75 Å². The molecule has 0 aliphatic heterocycles. The molecule has 0 aliphatic rings. The van der Waals surface area contributed by atoms with Crippen LogP contribution in [-0.4, -0.2) is 23.4 Å². The maximum Gasteiger partial charge on any atom is 0.237 e. The number of rotatable bonds is 7. The van der Waals surface area contributed by atoms with Crippen molar-refractivity contribution in [3.8, 4) is 22.9 Å². The number of nitrogens with zero attached hydrogens (tertiary/aromatic N) is 3. The van der Waals surface area contributed by atoms with Gasteiger partial charge in [-0.25, -0.2) is 36.5 Å². The third-order valence-electron chi connectivity index (χ3n) is 4.58. The Morgan fingerprint density at radius 2 is 1.69 bits per heavy atom. The number of halogens is 4. The van der Waals surface area contributed by atoms with Gasteiger partial charge in [0.15, 0.2) is 17.4 Å². The van der Waals surface area contributed by atoms with Crippen molar-refractivity contribution in [3.63, 3.8) is 0 Å². The van der Waals surface area contributed by atoms with Crippen molar-refractivity contribution in [2.24, 2.45) is 0 Å². The fourth-order valence-corrected chi connectivity index (χ4v) is 4.23. The lowest BCUT2D eigenvalue weighted by molar-refractivity contribution is 0.401. The van der Waals surface area contributed by atoms with E-state index < -0.39 is 50.5 Å². The van der Waals surface area contributed by atoms with Gasteiger partial charge >= 0.3 is 0 Å². The van der Waals surface area contributed by atoms with Crippen LogP contribution in [0.4, 0.5) is 29.2 Å². The zero-order valence-electron chi connectivity index (χ0n) is 17.5. The van der Waals surface area contributed by atoms with Gasteiger partial charge in [-0.05, 0) is 35.9 Å². The second-order valence-corrected chi connectivity index (χ2v) is 8.83. The number of nitrogens with one attached hydrogen (secondary N) is 1. The Bertz CT molecular complexity index is 1500. The van der Waals surface area contributed by atoms with Gasteiger partial charge in [-0.1, -0.05) is 12.1 Å². The summed E-state index contributed by atoms with van der Waals surface area (Å²) in [5.41, 5.74) is 4.97. The minimum absolute atomic E-state index is 0.0575. The molecule has 0 saturated carbocycles. The van der Waals surface area contributed by atoms with Crippen LogP contribution in [0.2, 0.25) is 0 Å². The minimum atomic E-state index is -4.38. The van der Waals surface area contributed by atoms with E-state index in [1.54, 1.807) is 4.72 Å². The fraction of sp³-hybridized carbons (Fsp3) is 0.0455. The Balaban J connectivity index is 1.63. The highest BCUT2D eigenvalue weighted by Gasteiger charge is 2.25. The number of nitrogen functional groups attached to an aromatic ring is 1. The van der Waals surface area contributed by atoms with E-state index in [0.717, 1.165) is 12.1 Å². The number of hydrogen-bond acceptors (Lipinski definition) is 7. The molecule has 2 aromatic carbocycles. The van der Waals surface area contributed by atoms with Gasteiger partial charge in [-0.2, -0.15) is 4.39 Å². The number of aromatic nitrogens is 3. The van der Waals surface area contributed by atoms with Gasteiger partial charge in [0.1, 0.15) is 11.5 Å². The quantitative estimate of drug-likeness (QED) is 0.282. The molecule has 4 rings (SSSR count). The van der Waals surface area contributed by atoms with Gasteiger partial charge in [-0.3, -0.25) is 4.72 Å². The summed E-state index contributed by atoms with van der Waals surface area (Å²) in [6, 6.07) is 9.41. The normalized spacial score (nSPS) is 11.3. The zero-order valence-corrected chi connectivity index (χ0v) is 18.4. The summed E-state index contributed by atoms with van der Waals surface area (Å²) >= 11 is 0. The minimum Gasteiger partial charge on any atom is -0.435 e. The van der Waals surface area contributed by atoms with Crippen molar-refractivity contribution in [1.82, 2.24) is 15.0 Å². The topological polar surface area (TPSA) is 120 Å². The van der Waals surface area contributed by atoms with Crippen molar-refractivity contribution in [3.05, 3.63) is 89.8 Å². The molecule has 0 atom stereocenters. The van der Waals surface area contributed by atoms with Gasteiger partial charge in [0.2, 0.25) is 27.7 Å². The van der Waals surface area contributed by atoms with Gasteiger partial charge in [0, 0.05) is 18.5 Å². The Hall–Kier alpha value is -4.26. The zero-order chi connectivity index (χ0) is 25.2. The first-order valence-corrected chi connectivity index (χ1v) is 11.4. The predicted molar refractivity (Wildman–Crippen MR) is 119 cm³/mol. The van der Waals surface area contributed by atoms with Gasteiger partial charge in [-0.15, -0.1) is 0 Å². The molecule has 2 heterocycles. The molecule has 0 saturated heterocycles. The molecule has 8 nitrogen and oxygen atoms in total. The molecule has 0 fully saturated rings. The van der Waals surface area contributed by atoms with Crippen LogP contribution in [0.5, 0.6) is 11.6 Å². The van der Waals surface area contributed by atoms with E-state index in [1.165, 1.54) is 42.7 Å². The summed E-state index contributed by atoms with van der Waals surface area (Å²) in [4.78, 5) is 11.7. The lowest BCUT2D eigenvalue weighted by Crippen LogP contribution is -2.18. The Morgan fingerprint density at radius 3 is 2.40 bits per heavy atom. The molecule has 13 heteroatoms. The first kappa shape index (κ1) is 23.9. The van der Waals surface area contributed by atoms with Crippen LogP contribution in [-0.2, 0) is 15.8 Å². The van der Waals surface area contributed by atoms with Crippen LogP contribution in [0.15, 0.2) is 60.9 Å². The fourth-order valence-electron chi connectivity index (χ4n) is 3.03. The van der Waals surface area contributed by atoms with Crippen molar-refractivity contribution in [1.29, 1.82) is 0 Å². The highest BCUT2D eigenvalue weighted by atomic mass is 32.2. The van der Waals surface area contributed by atoms with E-state index in [9.17, 15) is 26.0 Å². The van der Waals surface area contributed by atoms with Crippen LogP contribution in [0, 0.1) is 23.3 Å². The third-order valence-corrected chi connectivity index (χ3v) is 5.81. The van der Waals surface area contributed by atoms with Gasteiger partial charge < -0.3 is 10.5 Å². The molecule has 3 N–H and O–H groups in total. The molecule has 0 spiro atoms. The molecule has 35 heavy (non-hydrogen) atoms. The van der Waals surface area contributed by atoms with Gasteiger partial charge in [0.05, 0.1) is 17.0 Å². The standard InChI is InChI=1S/C22H15F4N5O3S/c23-13-5-3-12(4-6-13)11-35(32,33)31-20-15(24)10-17(18(25)19(20)26)34-21-14(2-1-8-28-21)16-7-9-29-22(27)30-16/h1-10,31H,11H2,(H2,27,29,30). The summed E-state index contributed by atoms with van der Waals surface area (Å²) in [7, 11) is -4.38. The second kappa shape index (κ2) is 9.54. The SMILES string of the molecule is Nc1nccc(-c2cccnc2Oc2cc(F)c(NS(=O)(=O)Cc3ccc(F)cc3)c(F)c2F)n1. The molecule has 0 amide bonds. The van der Waals surface area contributed by atoms with Crippen molar-refractivity contribution >= 4 is 21.7 Å². The number of anilines is 2. The summed E-state index contributed by atoms with van der Waals surface area (Å²) in [6.45, 7) is 0. The number of ether oxygens (including phenoxy) is 1. The molecule has 2 aromatic heterocycles. The van der Waals surface area contributed by atoms with Gasteiger partial charge in [0.25, 0.3) is 0 Å². The van der Waals surface area contributed by atoms with E-state index in [4.69, 9.17) is 10.5 Å². The summed E-state index contributed by atoms with van der Waals surface area (Å²) in [5.74, 6) is -7.44. The van der Waals surface area contributed by atoms with Crippen LogP contribution in [0.25, 0.3) is 11.3 Å². The highest BCUT2D eigenvalue weighted by molar-refractivity contribution is 7.91. The monoisotopic (exact) mass is 505 g/mol. The van der Waals surface area contributed by atoms with E-state index in [2.05, 4.69) is 15.0 Å². The first-order valence-electron chi connectivity index (χ1n) is 9.77. The number of nitrogens with two attached hydrogens (primary N) is 1. The molecule has 0 unspecified atom stereocenters. The number of hydrogen-bond donors (Lipinski definition) is 2. The smallest absolute Gasteiger partial charge is 0.237 e. The molecular formula is C22H15F4N5O3S. The van der Waals surface area contributed by atoms with Crippen LogP contribution in [0.3, 0.4) is 0 Å². The van der Waals surface area contributed by atoms with E-state index in [0.29, 0.717) is 6.07 Å². The maximum absolute atomic E-state index is 14.8. The first-order chi connectivity index (χ1) is 16.6. The highest BCUT2D eigenvalue weighted by Crippen LogP contribution is 2.35. The summed E-state index contributed by atoms with van der Waals surface area (Å²) in [6.07, 6.45) is 2.66. The maximum atomic E-state index is 14.8. The van der Waals surface area contributed by atoms with Crippen LogP contribution >= 0.6 is 0 Å². The lowest BCUT2D eigenvalue weighted by atomic mass is 10.2. The largest absolute Gasteiger partial charge is 0.435 e. The van der Waals surface area contributed by atoms with E-state index in [-0.39, 0.29) is 28.6 Å². The van der Waals surface area contributed by atoms with E-state index >= 15 is 0 Å². The van der Waals surface area contributed by atoms with Crippen molar-refractivity contribution < 1.29 is 30.7 Å². The summed E-state index contributed by atoms with van der Waals surface area (Å²) < 4.78 is 88.8. The summed E-state index contributed by atoms with van der Waals surface area (Å²) in [5, 5.41) is 0. The number of sulfonamides is 1. The molecule has 180 valence electrons. The number of benzene rings is 2. The Kier molecular flexibility index (Phi) is 6.51. The second-order valence-electron chi connectivity index (χ2n) is 7.11. The van der Waals surface area contributed by atoms with E-state index in [1.807, 2.05) is 0 Å². The number of pyridine rings is 1. The Labute approximate surface area is 196 Å². The lowest BCUT2D eigenvalue weighted by Gasteiger charge is -2.14. The molecule has 4 aromatic rings. The average molecular weight is 505 g/mol. The predicted octanol–water partition coefficient (Wildman–Crippen LogP) is 4.41. The molecule has 0 radical (unpaired) electrons. The van der Waals surface area contributed by atoms with Crippen LogP contribution < -0.4 is 15.2 Å². The Morgan fingerprint density at radius 1 is 0.943 bits per heavy atom.